The second kappa shape index (κ2) is 6.91. The highest BCUT2D eigenvalue weighted by Crippen LogP contribution is 2.16. The molecule has 20 heavy (non-hydrogen) atoms. The first kappa shape index (κ1) is 14.3. The van der Waals surface area contributed by atoms with Crippen molar-refractivity contribution in [2.75, 3.05) is 37.6 Å². The molecule has 1 aromatic carbocycles. The van der Waals surface area contributed by atoms with Gasteiger partial charge in [0.05, 0.1) is 6.42 Å². The Balaban J connectivity index is 2.12. The van der Waals surface area contributed by atoms with Crippen LogP contribution in [0.15, 0.2) is 30.3 Å². The molecule has 6 nitrogen and oxygen atoms in total. The Morgan fingerprint density at radius 3 is 2.45 bits per heavy atom. The first-order valence-electron chi connectivity index (χ1n) is 6.72. The zero-order valence-corrected chi connectivity index (χ0v) is 11.3. The third-order valence-corrected chi connectivity index (χ3v) is 3.24. The molecule has 0 saturated carbocycles. The minimum atomic E-state index is -0.904. The van der Waals surface area contributed by atoms with Gasteiger partial charge in [-0.05, 0) is 12.1 Å². The molecular formula is C14H19N3O3. The van der Waals surface area contributed by atoms with Crippen molar-refractivity contribution in [3.05, 3.63) is 30.3 Å². The normalized spacial score (nSPS) is 14.9. The van der Waals surface area contributed by atoms with E-state index in [4.69, 9.17) is 5.11 Å². The van der Waals surface area contributed by atoms with Crippen molar-refractivity contribution in [3.63, 3.8) is 0 Å². The van der Waals surface area contributed by atoms with Gasteiger partial charge in [-0.1, -0.05) is 18.2 Å². The quantitative estimate of drug-likeness (QED) is 0.861. The van der Waals surface area contributed by atoms with E-state index in [1.54, 1.807) is 9.80 Å². The highest BCUT2D eigenvalue weighted by atomic mass is 16.4. The van der Waals surface area contributed by atoms with Crippen LogP contribution in [0, 0.1) is 0 Å². The molecule has 1 fully saturated rings. The van der Waals surface area contributed by atoms with Crippen LogP contribution in [0.4, 0.5) is 10.5 Å². The topological polar surface area (TPSA) is 72.9 Å². The number of para-hydroxylation sites is 1. The number of carboxylic acids is 1. The van der Waals surface area contributed by atoms with E-state index in [0.29, 0.717) is 13.1 Å². The van der Waals surface area contributed by atoms with Gasteiger partial charge < -0.3 is 15.3 Å². The summed E-state index contributed by atoms with van der Waals surface area (Å²) in [7, 11) is 0. The lowest BCUT2D eigenvalue weighted by Crippen LogP contribution is -2.52. The summed E-state index contributed by atoms with van der Waals surface area (Å²) in [5.41, 5.74) is 0.734. The third kappa shape index (κ3) is 3.71. The molecule has 0 aromatic heterocycles. The van der Waals surface area contributed by atoms with E-state index >= 15 is 0 Å². The molecule has 0 unspecified atom stereocenters. The standard InChI is InChI=1S/C14H19N3O3/c18-13(19)6-9-17(12-4-2-1-3-5-12)14(20)16-10-7-15-8-11-16/h1-5,15H,6-11H2,(H,18,19). The summed E-state index contributed by atoms with van der Waals surface area (Å²) >= 11 is 0. The molecule has 1 heterocycles. The number of nitrogens with one attached hydrogen (secondary N) is 1. The second-order valence-corrected chi connectivity index (χ2v) is 4.65. The maximum absolute atomic E-state index is 12.5. The van der Waals surface area contributed by atoms with E-state index < -0.39 is 5.97 Å². The summed E-state index contributed by atoms with van der Waals surface area (Å²) in [5.74, 6) is -0.904. The number of carbonyl (C=O) groups excluding carboxylic acids is 1. The minimum absolute atomic E-state index is 0.0628. The molecule has 2 N–H and O–H groups in total. The number of amides is 2. The first-order chi connectivity index (χ1) is 9.68. The Labute approximate surface area is 118 Å². The average molecular weight is 277 g/mol. The maximum Gasteiger partial charge on any atom is 0.324 e. The molecule has 1 aromatic rings. The fourth-order valence-electron chi connectivity index (χ4n) is 2.18. The molecule has 2 amide bonds. The van der Waals surface area contributed by atoms with Gasteiger partial charge in [0.2, 0.25) is 0 Å². The van der Waals surface area contributed by atoms with Crippen molar-refractivity contribution in [1.82, 2.24) is 10.2 Å². The van der Waals surface area contributed by atoms with Gasteiger partial charge in [0.25, 0.3) is 0 Å². The fourth-order valence-corrected chi connectivity index (χ4v) is 2.18. The van der Waals surface area contributed by atoms with Gasteiger partial charge in [-0.25, -0.2) is 4.79 Å². The number of aliphatic carboxylic acids is 1. The number of piperazine rings is 1. The van der Waals surface area contributed by atoms with Gasteiger partial charge in [-0.3, -0.25) is 9.69 Å². The van der Waals surface area contributed by atoms with Gasteiger partial charge >= 0.3 is 12.0 Å². The van der Waals surface area contributed by atoms with Crippen LogP contribution in [-0.4, -0.2) is 54.7 Å². The van der Waals surface area contributed by atoms with Crippen molar-refractivity contribution in [2.45, 2.75) is 6.42 Å². The largest absolute Gasteiger partial charge is 0.481 e. The molecule has 0 aliphatic carbocycles. The zero-order valence-electron chi connectivity index (χ0n) is 11.3. The van der Waals surface area contributed by atoms with Crippen LogP contribution in [0.25, 0.3) is 0 Å². The number of carbonyl (C=O) groups is 2. The van der Waals surface area contributed by atoms with Crippen LogP contribution < -0.4 is 10.2 Å². The molecule has 1 saturated heterocycles. The Bertz CT molecular complexity index is 458. The minimum Gasteiger partial charge on any atom is -0.481 e. The van der Waals surface area contributed by atoms with Crippen molar-refractivity contribution >= 4 is 17.7 Å². The van der Waals surface area contributed by atoms with Gasteiger partial charge in [0.15, 0.2) is 0 Å². The molecule has 108 valence electrons. The van der Waals surface area contributed by atoms with Crippen molar-refractivity contribution in [3.8, 4) is 0 Å². The molecule has 0 radical (unpaired) electrons. The number of anilines is 1. The highest BCUT2D eigenvalue weighted by Gasteiger charge is 2.23. The summed E-state index contributed by atoms with van der Waals surface area (Å²) in [4.78, 5) is 26.6. The lowest BCUT2D eigenvalue weighted by molar-refractivity contribution is -0.136. The number of hydrogen-bond donors (Lipinski definition) is 2. The molecule has 0 spiro atoms. The lowest BCUT2D eigenvalue weighted by atomic mass is 10.2. The number of hydrogen-bond acceptors (Lipinski definition) is 3. The number of rotatable bonds is 4. The summed E-state index contributed by atoms with van der Waals surface area (Å²) in [6.07, 6.45) is -0.0628. The molecule has 0 bridgehead atoms. The van der Waals surface area contributed by atoms with E-state index in [1.165, 1.54) is 0 Å². The predicted molar refractivity (Wildman–Crippen MR) is 75.9 cm³/mol. The molecule has 1 aliphatic heterocycles. The molecule has 2 rings (SSSR count). The average Bonchev–Trinajstić information content (AvgIpc) is 2.49. The fraction of sp³-hybridized carbons (Fsp3) is 0.429. The monoisotopic (exact) mass is 277 g/mol. The third-order valence-electron chi connectivity index (χ3n) is 3.24. The predicted octanol–water partition coefficient (Wildman–Crippen LogP) is 0.993. The van der Waals surface area contributed by atoms with Crippen LogP contribution in [0.2, 0.25) is 0 Å². The second-order valence-electron chi connectivity index (χ2n) is 4.65. The van der Waals surface area contributed by atoms with Crippen molar-refractivity contribution in [2.24, 2.45) is 0 Å². The van der Waals surface area contributed by atoms with Crippen LogP contribution in [0.3, 0.4) is 0 Å². The smallest absolute Gasteiger partial charge is 0.324 e. The van der Waals surface area contributed by atoms with Gasteiger partial charge in [-0.15, -0.1) is 0 Å². The van der Waals surface area contributed by atoms with Crippen LogP contribution in [-0.2, 0) is 4.79 Å². The summed E-state index contributed by atoms with van der Waals surface area (Å²) in [5, 5.41) is 12.0. The molecule has 6 heteroatoms. The first-order valence-corrected chi connectivity index (χ1v) is 6.72. The number of urea groups is 1. The number of carboxylic acid groups (broad SMARTS) is 1. The lowest BCUT2D eigenvalue weighted by Gasteiger charge is -2.33. The van der Waals surface area contributed by atoms with Gasteiger partial charge in [-0.2, -0.15) is 0 Å². The number of benzene rings is 1. The Morgan fingerprint density at radius 2 is 1.85 bits per heavy atom. The van der Waals surface area contributed by atoms with Crippen molar-refractivity contribution < 1.29 is 14.7 Å². The summed E-state index contributed by atoms with van der Waals surface area (Å²) in [6.45, 7) is 3.02. The van der Waals surface area contributed by atoms with E-state index in [-0.39, 0.29) is 19.0 Å². The number of nitrogens with zero attached hydrogens (tertiary/aromatic N) is 2. The van der Waals surface area contributed by atoms with Crippen LogP contribution in [0.5, 0.6) is 0 Å². The van der Waals surface area contributed by atoms with Crippen LogP contribution >= 0.6 is 0 Å². The molecule has 1 aliphatic rings. The van der Waals surface area contributed by atoms with Crippen LogP contribution in [0.1, 0.15) is 6.42 Å². The van der Waals surface area contributed by atoms with Gasteiger partial charge in [0.1, 0.15) is 0 Å². The SMILES string of the molecule is O=C(O)CCN(C(=O)N1CCNCC1)c1ccccc1. The van der Waals surface area contributed by atoms with Gasteiger partial charge in [0, 0.05) is 38.4 Å². The van der Waals surface area contributed by atoms with E-state index in [2.05, 4.69) is 5.32 Å². The zero-order chi connectivity index (χ0) is 14.4. The molecular weight excluding hydrogens is 258 g/mol. The van der Waals surface area contributed by atoms with Crippen molar-refractivity contribution in [1.29, 1.82) is 0 Å². The van der Waals surface area contributed by atoms with E-state index in [1.807, 2.05) is 30.3 Å². The van der Waals surface area contributed by atoms with E-state index in [9.17, 15) is 9.59 Å². The van der Waals surface area contributed by atoms with E-state index in [0.717, 1.165) is 18.8 Å². The Kier molecular flexibility index (Phi) is 4.95. The summed E-state index contributed by atoms with van der Waals surface area (Å²) < 4.78 is 0. The Hall–Kier alpha value is -2.08. The molecule has 0 atom stereocenters. The highest BCUT2D eigenvalue weighted by molar-refractivity contribution is 5.92. The Morgan fingerprint density at radius 1 is 1.20 bits per heavy atom. The maximum atomic E-state index is 12.5. The summed E-state index contributed by atoms with van der Waals surface area (Å²) in [6, 6.07) is 9.07.